The molecule has 0 spiro atoms. The third-order valence-electron chi connectivity index (χ3n) is 4.12. The Morgan fingerprint density at radius 3 is 2.79 bits per heavy atom. The molecule has 4 rings (SSSR count). The lowest BCUT2D eigenvalue weighted by atomic mass is 10.2. The van der Waals surface area contributed by atoms with Crippen LogP contribution in [0, 0.1) is 0 Å². The largest absolute Gasteiger partial charge is 0.322 e. The SMILES string of the molecule is O=C(Nc1cccc(Cl)c1)c1cccnc1SCc1cnc2ccccc2c1. The first-order chi connectivity index (χ1) is 13.7. The van der Waals surface area contributed by atoms with E-state index >= 15 is 0 Å². The predicted octanol–water partition coefficient (Wildman–Crippen LogP) is 5.83. The van der Waals surface area contributed by atoms with Crippen molar-refractivity contribution >= 4 is 45.9 Å². The number of para-hydroxylation sites is 1. The van der Waals surface area contributed by atoms with Crippen LogP contribution in [0.15, 0.2) is 84.1 Å². The average Bonchev–Trinajstić information content (AvgIpc) is 2.72. The van der Waals surface area contributed by atoms with Gasteiger partial charge in [-0.2, -0.15) is 0 Å². The number of halogens is 1. The van der Waals surface area contributed by atoms with Crippen LogP contribution >= 0.6 is 23.4 Å². The zero-order valence-corrected chi connectivity index (χ0v) is 16.4. The Bertz CT molecular complexity index is 1150. The minimum atomic E-state index is -0.213. The first-order valence-electron chi connectivity index (χ1n) is 8.67. The quantitative estimate of drug-likeness (QED) is 0.424. The second-order valence-electron chi connectivity index (χ2n) is 6.15. The molecular weight excluding hydrogens is 390 g/mol. The van der Waals surface area contributed by atoms with Crippen molar-refractivity contribution in [3.8, 4) is 0 Å². The lowest BCUT2D eigenvalue weighted by Gasteiger charge is -2.09. The van der Waals surface area contributed by atoms with Gasteiger partial charge in [-0.05, 0) is 48.0 Å². The Balaban J connectivity index is 1.51. The molecule has 1 amide bonds. The summed E-state index contributed by atoms with van der Waals surface area (Å²) in [6, 6.07) is 20.7. The van der Waals surface area contributed by atoms with E-state index in [4.69, 9.17) is 11.6 Å². The Hall–Kier alpha value is -2.89. The highest BCUT2D eigenvalue weighted by Crippen LogP contribution is 2.26. The maximum atomic E-state index is 12.7. The van der Waals surface area contributed by atoms with Gasteiger partial charge in [-0.1, -0.05) is 35.9 Å². The first kappa shape index (κ1) is 18.5. The molecule has 6 heteroatoms. The lowest BCUT2D eigenvalue weighted by Crippen LogP contribution is -2.13. The highest BCUT2D eigenvalue weighted by atomic mass is 35.5. The normalized spacial score (nSPS) is 10.8. The summed E-state index contributed by atoms with van der Waals surface area (Å²) in [5.74, 6) is 0.459. The Morgan fingerprint density at radius 2 is 1.89 bits per heavy atom. The van der Waals surface area contributed by atoms with Gasteiger partial charge in [0.15, 0.2) is 0 Å². The van der Waals surface area contributed by atoms with Gasteiger partial charge in [0.05, 0.1) is 11.1 Å². The smallest absolute Gasteiger partial charge is 0.258 e. The third-order valence-corrected chi connectivity index (χ3v) is 5.43. The number of nitrogens with zero attached hydrogens (tertiary/aromatic N) is 2. The standard InChI is InChI=1S/C22H16ClN3OS/c23-17-6-3-7-18(12-17)26-21(27)19-8-4-10-24-22(19)28-14-15-11-16-5-1-2-9-20(16)25-13-15/h1-13H,14H2,(H,26,27). The van der Waals surface area contributed by atoms with Gasteiger partial charge in [-0.3, -0.25) is 9.78 Å². The second kappa shape index (κ2) is 8.42. The van der Waals surface area contributed by atoms with Crippen LogP contribution in [-0.2, 0) is 5.75 Å². The average molecular weight is 406 g/mol. The first-order valence-corrected chi connectivity index (χ1v) is 10.0. The van der Waals surface area contributed by atoms with E-state index in [0.717, 1.165) is 16.5 Å². The molecule has 4 aromatic rings. The molecule has 0 radical (unpaired) electrons. The molecule has 2 aromatic carbocycles. The van der Waals surface area contributed by atoms with Gasteiger partial charge < -0.3 is 5.32 Å². The number of pyridine rings is 2. The van der Waals surface area contributed by atoms with Crippen LogP contribution in [0.1, 0.15) is 15.9 Å². The second-order valence-corrected chi connectivity index (χ2v) is 7.55. The fourth-order valence-corrected chi connectivity index (χ4v) is 3.89. The monoisotopic (exact) mass is 405 g/mol. The van der Waals surface area contributed by atoms with Gasteiger partial charge in [0.2, 0.25) is 0 Å². The molecule has 2 aromatic heterocycles. The van der Waals surface area contributed by atoms with Crippen molar-refractivity contribution in [1.29, 1.82) is 0 Å². The van der Waals surface area contributed by atoms with Crippen molar-refractivity contribution in [2.75, 3.05) is 5.32 Å². The number of carbonyl (C=O) groups excluding carboxylic acids is 1. The van der Waals surface area contributed by atoms with Crippen molar-refractivity contribution in [1.82, 2.24) is 9.97 Å². The summed E-state index contributed by atoms with van der Waals surface area (Å²) in [6.07, 6.45) is 3.56. The summed E-state index contributed by atoms with van der Waals surface area (Å²) < 4.78 is 0. The van der Waals surface area contributed by atoms with Crippen molar-refractivity contribution in [2.24, 2.45) is 0 Å². The molecule has 0 aliphatic rings. The molecule has 1 N–H and O–H groups in total. The maximum Gasteiger partial charge on any atom is 0.258 e. The van der Waals surface area contributed by atoms with E-state index in [1.165, 1.54) is 11.8 Å². The molecule has 2 heterocycles. The van der Waals surface area contributed by atoms with Gasteiger partial charge in [-0.25, -0.2) is 4.98 Å². The van der Waals surface area contributed by atoms with E-state index in [1.807, 2.05) is 30.5 Å². The van der Waals surface area contributed by atoms with Crippen LogP contribution in [0.4, 0.5) is 5.69 Å². The molecule has 0 fully saturated rings. The summed E-state index contributed by atoms with van der Waals surface area (Å²) in [5.41, 5.74) is 3.23. The van der Waals surface area contributed by atoms with E-state index in [9.17, 15) is 4.79 Å². The number of fused-ring (bicyclic) bond motifs is 1. The zero-order valence-electron chi connectivity index (χ0n) is 14.8. The number of benzene rings is 2. The molecule has 0 saturated heterocycles. The number of amides is 1. The summed E-state index contributed by atoms with van der Waals surface area (Å²) in [4.78, 5) is 21.6. The van der Waals surface area contributed by atoms with Crippen molar-refractivity contribution in [3.05, 3.63) is 95.3 Å². The van der Waals surface area contributed by atoms with E-state index in [1.54, 1.807) is 42.6 Å². The fourth-order valence-electron chi connectivity index (χ4n) is 2.79. The van der Waals surface area contributed by atoms with Crippen LogP contribution in [0.3, 0.4) is 0 Å². The summed E-state index contributed by atoms with van der Waals surface area (Å²) in [7, 11) is 0. The molecule has 0 aliphatic carbocycles. The van der Waals surface area contributed by atoms with E-state index in [0.29, 0.717) is 27.1 Å². The van der Waals surface area contributed by atoms with Crippen LogP contribution in [0.25, 0.3) is 10.9 Å². The van der Waals surface area contributed by atoms with E-state index in [2.05, 4.69) is 21.4 Å². The number of thioether (sulfide) groups is 1. The van der Waals surface area contributed by atoms with E-state index < -0.39 is 0 Å². The fraction of sp³-hybridized carbons (Fsp3) is 0.0455. The minimum absolute atomic E-state index is 0.213. The Morgan fingerprint density at radius 1 is 1.00 bits per heavy atom. The Kier molecular flexibility index (Phi) is 5.55. The highest BCUT2D eigenvalue weighted by Gasteiger charge is 2.13. The number of hydrogen-bond donors (Lipinski definition) is 1. The van der Waals surface area contributed by atoms with E-state index in [-0.39, 0.29) is 5.91 Å². The topological polar surface area (TPSA) is 54.9 Å². The molecule has 0 atom stereocenters. The lowest BCUT2D eigenvalue weighted by molar-refractivity contribution is 0.102. The molecule has 138 valence electrons. The van der Waals surface area contributed by atoms with Gasteiger partial charge >= 0.3 is 0 Å². The van der Waals surface area contributed by atoms with Crippen LogP contribution < -0.4 is 5.32 Å². The van der Waals surface area contributed by atoms with Gasteiger partial charge in [0, 0.05) is 34.2 Å². The molecule has 0 bridgehead atoms. The zero-order chi connectivity index (χ0) is 19.3. The van der Waals surface area contributed by atoms with Crippen LogP contribution in [0.2, 0.25) is 5.02 Å². The third kappa shape index (κ3) is 4.32. The number of aromatic nitrogens is 2. The molecule has 0 aliphatic heterocycles. The number of rotatable bonds is 5. The molecular formula is C22H16ClN3OS. The predicted molar refractivity (Wildman–Crippen MR) is 115 cm³/mol. The van der Waals surface area contributed by atoms with Crippen molar-refractivity contribution in [2.45, 2.75) is 10.8 Å². The number of carbonyl (C=O) groups is 1. The number of hydrogen-bond acceptors (Lipinski definition) is 4. The highest BCUT2D eigenvalue weighted by molar-refractivity contribution is 7.98. The summed E-state index contributed by atoms with van der Waals surface area (Å²) >= 11 is 7.50. The van der Waals surface area contributed by atoms with Gasteiger partial charge in [-0.15, -0.1) is 11.8 Å². The number of nitrogens with one attached hydrogen (secondary N) is 1. The van der Waals surface area contributed by atoms with Crippen LogP contribution in [-0.4, -0.2) is 15.9 Å². The van der Waals surface area contributed by atoms with Gasteiger partial charge in [0.25, 0.3) is 5.91 Å². The number of anilines is 1. The maximum absolute atomic E-state index is 12.7. The molecule has 0 saturated carbocycles. The van der Waals surface area contributed by atoms with Crippen LogP contribution in [0.5, 0.6) is 0 Å². The van der Waals surface area contributed by atoms with Crippen molar-refractivity contribution < 1.29 is 4.79 Å². The van der Waals surface area contributed by atoms with Crippen molar-refractivity contribution in [3.63, 3.8) is 0 Å². The summed E-state index contributed by atoms with van der Waals surface area (Å²) in [5, 5.41) is 5.22. The van der Waals surface area contributed by atoms with Gasteiger partial charge in [0.1, 0.15) is 5.03 Å². The minimum Gasteiger partial charge on any atom is -0.322 e. The Labute approximate surface area is 172 Å². The summed E-state index contributed by atoms with van der Waals surface area (Å²) in [6.45, 7) is 0. The molecule has 4 nitrogen and oxygen atoms in total. The molecule has 28 heavy (non-hydrogen) atoms. The molecule has 0 unspecified atom stereocenters.